The highest BCUT2D eigenvalue weighted by molar-refractivity contribution is 5.91. The van der Waals surface area contributed by atoms with Gasteiger partial charge in [-0.2, -0.15) is 0 Å². The second-order valence-electron chi connectivity index (χ2n) is 7.69. The van der Waals surface area contributed by atoms with Gasteiger partial charge in [0.15, 0.2) is 5.75 Å². The van der Waals surface area contributed by atoms with Gasteiger partial charge in [-0.25, -0.2) is 4.79 Å². The van der Waals surface area contributed by atoms with Crippen LogP contribution in [0.2, 0.25) is 0 Å². The fraction of sp³-hybridized carbons (Fsp3) is 0.385. The number of carbonyl (C=O) groups is 1. The van der Waals surface area contributed by atoms with Gasteiger partial charge in [0.2, 0.25) is 0 Å². The van der Waals surface area contributed by atoms with Crippen LogP contribution in [0, 0.1) is 0 Å². The molecule has 5 nitrogen and oxygen atoms in total. The Balaban J connectivity index is 1.37. The summed E-state index contributed by atoms with van der Waals surface area (Å²) in [7, 11) is 0. The number of hydrogen-bond acceptors (Lipinski definition) is 4. The predicted molar refractivity (Wildman–Crippen MR) is 126 cm³/mol. The van der Waals surface area contributed by atoms with E-state index in [0.29, 0.717) is 17.0 Å². The van der Waals surface area contributed by atoms with Gasteiger partial charge in [-0.1, -0.05) is 70.1 Å². The second-order valence-corrected chi connectivity index (χ2v) is 7.69. The minimum absolute atomic E-state index is 0.431. The Labute approximate surface area is 184 Å². The molecule has 3 rings (SSSR count). The van der Waals surface area contributed by atoms with Crippen LogP contribution in [0.15, 0.2) is 60.8 Å². The van der Waals surface area contributed by atoms with Crippen molar-refractivity contribution in [3.63, 3.8) is 0 Å². The van der Waals surface area contributed by atoms with Crippen LogP contribution in [0.4, 0.5) is 10.5 Å². The third kappa shape index (κ3) is 7.59. The molecule has 0 atom stereocenters. The van der Waals surface area contributed by atoms with Gasteiger partial charge >= 0.3 is 6.09 Å². The SMILES string of the molecule is CCCCCCCCCCOc1ccc(NC(=O)Oc2cccc3cccnc23)cc1. The van der Waals surface area contributed by atoms with Crippen LogP contribution in [0.5, 0.6) is 11.5 Å². The molecule has 0 fully saturated rings. The summed E-state index contributed by atoms with van der Waals surface area (Å²) in [5.41, 5.74) is 1.31. The molecule has 3 aromatic rings. The minimum Gasteiger partial charge on any atom is -0.494 e. The number of nitrogens with zero attached hydrogens (tertiary/aromatic N) is 1. The summed E-state index contributed by atoms with van der Waals surface area (Å²) in [6.07, 6.45) is 11.4. The van der Waals surface area contributed by atoms with Crippen molar-refractivity contribution in [3.05, 3.63) is 60.8 Å². The van der Waals surface area contributed by atoms with Gasteiger partial charge in [0, 0.05) is 17.3 Å². The quantitative estimate of drug-likeness (QED) is 0.311. The first-order valence-electron chi connectivity index (χ1n) is 11.3. The maximum absolute atomic E-state index is 12.3. The lowest BCUT2D eigenvalue weighted by molar-refractivity contribution is 0.215. The zero-order valence-corrected chi connectivity index (χ0v) is 18.3. The Kier molecular flexibility index (Phi) is 9.17. The fourth-order valence-corrected chi connectivity index (χ4v) is 3.46. The van der Waals surface area contributed by atoms with Gasteiger partial charge in [0.25, 0.3) is 0 Å². The molecule has 2 aromatic carbocycles. The van der Waals surface area contributed by atoms with Gasteiger partial charge in [-0.15, -0.1) is 0 Å². The summed E-state index contributed by atoms with van der Waals surface area (Å²) in [5, 5.41) is 3.66. The third-order valence-corrected chi connectivity index (χ3v) is 5.17. The highest BCUT2D eigenvalue weighted by atomic mass is 16.6. The van der Waals surface area contributed by atoms with Crippen molar-refractivity contribution in [2.24, 2.45) is 0 Å². The normalized spacial score (nSPS) is 10.7. The average Bonchev–Trinajstić information content (AvgIpc) is 2.79. The molecule has 0 spiro atoms. The molecule has 1 N–H and O–H groups in total. The lowest BCUT2D eigenvalue weighted by Gasteiger charge is -2.10. The Morgan fingerprint density at radius 3 is 2.35 bits per heavy atom. The lowest BCUT2D eigenvalue weighted by Crippen LogP contribution is -2.16. The van der Waals surface area contributed by atoms with Crippen LogP contribution in [0.3, 0.4) is 0 Å². The summed E-state index contributed by atoms with van der Waals surface area (Å²) in [6.45, 7) is 2.97. The van der Waals surface area contributed by atoms with Crippen molar-refractivity contribution >= 4 is 22.7 Å². The zero-order valence-electron chi connectivity index (χ0n) is 18.3. The van der Waals surface area contributed by atoms with Gasteiger partial charge in [-0.3, -0.25) is 10.3 Å². The molecule has 0 radical (unpaired) electrons. The molecule has 0 saturated carbocycles. The molecule has 0 saturated heterocycles. The monoisotopic (exact) mass is 420 g/mol. The molecule has 1 aromatic heterocycles. The first-order chi connectivity index (χ1) is 15.3. The largest absolute Gasteiger partial charge is 0.494 e. The highest BCUT2D eigenvalue weighted by Gasteiger charge is 2.09. The fourth-order valence-electron chi connectivity index (χ4n) is 3.46. The number of amides is 1. The topological polar surface area (TPSA) is 60.5 Å². The molecule has 1 heterocycles. The maximum Gasteiger partial charge on any atom is 0.417 e. The van der Waals surface area contributed by atoms with Crippen molar-refractivity contribution in [3.8, 4) is 11.5 Å². The van der Waals surface area contributed by atoms with Crippen LogP contribution >= 0.6 is 0 Å². The summed E-state index contributed by atoms with van der Waals surface area (Å²) in [6, 6.07) is 16.6. The van der Waals surface area contributed by atoms with E-state index in [1.165, 1.54) is 44.9 Å². The number of pyridine rings is 1. The number of rotatable bonds is 12. The summed E-state index contributed by atoms with van der Waals surface area (Å²) in [4.78, 5) is 16.6. The summed E-state index contributed by atoms with van der Waals surface area (Å²) < 4.78 is 11.3. The van der Waals surface area contributed by atoms with Crippen LogP contribution < -0.4 is 14.8 Å². The number of aromatic nitrogens is 1. The van der Waals surface area contributed by atoms with Crippen molar-refractivity contribution in [2.75, 3.05) is 11.9 Å². The Morgan fingerprint density at radius 2 is 1.58 bits per heavy atom. The van der Waals surface area contributed by atoms with Crippen LogP contribution in [0.1, 0.15) is 58.3 Å². The smallest absolute Gasteiger partial charge is 0.417 e. The van der Waals surface area contributed by atoms with E-state index >= 15 is 0 Å². The van der Waals surface area contributed by atoms with E-state index in [2.05, 4.69) is 17.2 Å². The molecule has 0 aliphatic carbocycles. The number of benzene rings is 2. The van der Waals surface area contributed by atoms with Crippen LogP contribution in [-0.2, 0) is 0 Å². The molecule has 164 valence electrons. The average molecular weight is 421 g/mol. The van der Waals surface area contributed by atoms with E-state index in [9.17, 15) is 4.79 Å². The molecule has 0 aliphatic rings. The number of hydrogen-bond donors (Lipinski definition) is 1. The Morgan fingerprint density at radius 1 is 0.871 bits per heavy atom. The van der Waals surface area contributed by atoms with Crippen LogP contribution in [-0.4, -0.2) is 17.7 Å². The van der Waals surface area contributed by atoms with Crippen molar-refractivity contribution in [1.82, 2.24) is 4.98 Å². The van der Waals surface area contributed by atoms with Crippen molar-refractivity contribution < 1.29 is 14.3 Å². The third-order valence-electron chi connectivity index (χ3n) is 5.17. The summed E-state index contributed by atoms with van der Waals surface area (Å²) in [5.74, 6) is 1.24. The number of unbranched alkanes of at least 4 members (excludes halogenated alkanes) is 7. The maximum atomic E-state index is 12.3. The molecule has 0 aliphatic heterocycles. The van der Waals surface area contributed by atoms with E-state index in [-0.39, 0.29) is 0 Å². The molecule has 1 amide bonds. The molecule has 0 bridgehead atoms. The lowest BCUT2D eigenvalue weighted by atomic mass is 10.1. The summed E-state index contributed by atoms with van der Waals surface area (Å²) >= 11 is 0. The van der Waals surface area contributed by atoms with Crippen molar-refractivity contribution in [1.29, 1.82) is 0 Å². The standard InChI is InChI=1S/C26H32N2O3/c1-2-3-4-5-6-7-8-9-20-30-23-17-15-22(16-18-23)28-26(29)31-24-14-10-12-21-13-11-19-27-25(21)24/h10-19H,2-9,20H2,1H3,(H,28,29). The number of ether oxygens (including phenoxy) is 2. The minimum atomic E-state index is -0.550. The van der Waals surface area contributed by atoms with Gasteiger partial charge in [0.05, 0.1) is 6.61 Å². The van der Waals surface area contributed by atoms with Crippen LogP contribution in [0.25, 0.3) is 10.9 Å². The van der Waals surface area contributed by atoms with E-state index in [4.69, 9.17) is 9.47 Å². The molecular weight excluding hydrogens is 388 g/mol. The second kappa shape index (κ2) is 12.6. The number of anilines is 1. The Hall–Kier alpha value is -3.08. The first kappa shape index (κ1) is 22.6. The van der Waals surface area contributed by atoms with Gasteiger partial charge in [0.1, 0.15) is 11.3 Å². The van der Waals surface area contributed by atoms with E-state index in [0.717, 1.165) is 24.2 Å². The van der Waals surface area contributed by atoms with E-state index in [1.54, 1.807) is 12.3 Å². The number of fused-ring (bicyclic) bond motifs is 1. The first-order valence-corrected chi connectivity index (χ1v) is 11.3. The Bertz CT molecular complexity index is 936. The van der Waals surface area contributed by atoms with E-state index < -0.39 is 6.09 Å². The number of carbonyl (C=O) groups excluding carboxylic acids is 1. The molecule has 5 heteroatoms. The van der Waals surface area contributed by atoms with Crippen molar-refractivity contribution in [2.45, 2.75) is 58.3 Å². The zero-order chi connectivity index (χ0) is 21.7. The van der Waals surface area contributed by atoms with E-state index in [1.807, 2.05) is 48.5 Å². The van der Waals surface area contributed by atoms with Gasteiger partial charge in [-0.05, 0) is 42.8 Å². The molecule has 31 heavy (non-hydrogen) atoms. The highest BCUT2D eigenvalue weighted by Crippen LogP contribution is 2.24. The number of para-hydroxylation sites is 1. The number of nitrogens with one attached hydrogen (secondary N) is 1. The molecular formula is C26H32N2O3. The van der Waals surface area contributed by atoms with Gasteiger partial charge < -0.3 is 9.47 Å². The predicted octanol–water partition coefficient (Wildman–Crippen LogP) is 7.37. The molecule has 0 unspecified atom stereocenters.